The van der Waals surface area contributed by atoms with Crippen LogP contribution >= 0.6 is 45.3 Å². The molecular formula is C120H100Ir4N12S4-8. The predicted molar refractivity (Wildman–Crippen MR) is 572 cm³/mol. The van der Waals surface area contributed by atoms with Gasteiger partial charge in [-0.05, 0) is 194 Å². The van der Waals surface area contributed by atoms with Crippen molar-refractivity contribution in [1.82, 2.24) is 58.1 Å². The number of aromatic nitrogens is 12. The second-order valence-electron chi connectivity index (χ2n) is 33.6. The molecule has 12 nitrogen and oxygen atoms in total. The first kappa shape index (κ1) is 105. The van der Waals surface area contributed by atoms with Crippen LogP contribution in [0.1, 0.15) is 102 Å². The topological polar surface area (TPSA) is 123 Å². The number of rotatable bonds is 12. The third-order valence-electron chi connectivity index (χ3n) is 23.2. The smallest absolute Gasteiger partial charge is 0.0559 e. The van der Waals surface area contributed by atoms with Crippen LogP contribution in [0.4, 0.5) is 0 Å². The minimum atomic E-state index is 0. The fraction of sp³-hybridized carbons (Fsp3) is 0.133. The molecular weight excluding hydrogens is 2510 g/mol. The van der Waals surface area contributed by atoms with Gasteiger partial charge in [-0.1, -0.05) is 142 Å². The van der Waals surface area contributed by atoms with Crippen molar-refractivity contribution < 1.29 is 80.4 Å². The van der Waals surface area contributed by atoms with Gasteiger partial charge in [0.1, 0.15) is 0 Å². The van der Waals surface area contributed by atoms with Crippen LogP contribution in [0.3, 0.4) is 0 Å². The van der Waals surface area contributed by atoms with Crippen LogP contribution in [-0.4, -0.2) is 58.1 Å². The summed E-state index contributed by atoms with van der Waals surface area (Å²) >= 11 is 7.27. The molecule has 4 radical (unpaired) electrons. The van der Waals surface area contributed by atoms with Gasteiger partial charge in [-0.3, -0.25) is 19.9 Å². The predicted octanol–water partition coefficient (Wildman–Crippen LogP) is 32.6. The van der Waals surface area contributed by atoms with Crippen molar-refractivity contribution in [2.75, 3.05) is 0 Å². The molecule has 0 aliphatic heterocycles. The Morgan fingerprint density at radius 1 is 0.221 bits per heavy atom. The number of aryl methyl sites for hydroxylation is 4. The number of benzene rings is 12. The summed E-state index contributed by atoms with van der Waals surface area (Å²) in [7, 11) is 0. The Balaban J connectivity index is 0.000000135. The average molecular weight is 2610 g/mol. The van der Waals surface area contributed by atoms with Gasteiger partial charge in [0.05, 0.1) is 23.3 Å². The van der Waals surface area contributed by atoms with E-state index in [9.17, 15) is 0 Å². The number of hydrogen-bond acceptors (Lipinski definition) is 12. The molecule has 12 aromatic heterocycles. The van der Waals surface area contributed by atoms with Crippen molar-refractivity contribution in [2.24, 2.45) is 0 Å². The maximum absolute atomic E-state index is 4.61. The summed E-state index contributed by atoms with van der Waals surface area (Å²) in [6, 6.07) is 127. The molecule has 0 fully saturated rings. The Labute approximate surface area is 890 Å². The van der Waals surface area contributed by atoms with Crippen molar-refractivity contribution in [3.8, 4) is 90.6 Å². The average Bonchev–Trinajstić information content (AvgIpc) is 1.63. The van der Waals surface area contributed by atoms with Gasteiger partial charge in [-0.25, -0.2) is 0 Å². The summed E-state index contributed by atoms with van der Waals surface area (Å²) in [5.74, 6) is 3.95. The maximum Gasteiger partial charge on any atom is 0.0559 e. The van der Waals surface area contributed by atoms with Crippen LogP contribution in [0, 0.1) is 76.2 Å². The number of nitrogens with zero attached hydrogens (tertiary/aromatic N) is 12. The van der Waals surface area contributed by atoms with E-state index in [2.05, 4.69) is 323 Å². The molecule has 140 heavy (non-hydrogen) atoms. The molecule has 0 spiro atoms. The van der Waals surface area contributed by atoms with E-state index < -0.39 is 0 Å². The first-order chi connectivity index (χ1) is 66.5. The van der Waals surface area contributed by atoms with Crippen molar-refractivity contribution in [2.45, 2.75) is 107 Å². The molecule has 0 N–H and O–H groups in total. The molecule has 24 aromatic rings. The molecule has 0 amide bonds. The van der Waals surface area contributed by atoms with Crippen LogP contribution < -0.4 is 0 Å². The zero-order chi connectivity index (χ0) is 94.0. The van der Waals surface area contributed by atoms with Crippen LogP contribution in [0.15, 0.2) is 366 Å². The summed E-state index contributed by atoms with van der Waals surface area (Å²) in [6.45, 7) is 25.6. The van der Waals surface area contributed by atoms with Crippen molar-refractivity contribution in [1.29, 1.82) is 0 Å². The van der Waals surface area contributed by atoms with Crippen molar-refractivity contribution >= 4 is 126 Å². The Bertz CT molecular complexity index is 7430. The molecule has 0 aliphatic rings. The molecule has 708 valence electrons. The Kier molecular flexibility index (Phi) is 37.5. The summed E-state index contributed by atoms with van der Waals surface area (Å²) < 4.78 is 18.9. The molecule has 12 aromatic carbocycles. The molecule has 0 saturated heterocycles. The van der Waals surface area contributed by atoms with Gasteiger partial charge in [0.15, 0.2) is 0 Å². The minimum Gasteiger partial charge on any atom is -0.368 e. The summed E-state index contributed by atoms with van der Waals surface area (Å²) in [5.41, 5.74) is 17.6. The number of pyridine rings is 4. The molecule has 20 heteroatoms. The van der Waals surface area contributed by atoms with Crippen molar-refractivity contribution in [3.05, 3.63) is 436 Å². The van der Waals surface area contributed by atoms with Gasteiger partial charge < -0.3 is 38.2 Å². The summed E-state index contributed by atoms with van der Waals surface area (Å²) in [4.78, 5) is 35.5. The van der Waals surface area contributed by atoms with Gasteiger partial charge in [-0.2, -0.15) is 45.3 Å². The van der Waals surface area contributed by atoms with E-state index in [4.69, 9.17) is 0 Å². The van der Waals surface area contributed by atoms with E-state index in [1.165, 1.54) is 103 Å². The maximum atomic E-state index is 4.61. The van der Waals surface area contributed by atoms with Gasteiger partial charge in [0, 0.05) is 198 Å². The van der Waals surface area contributed by atoms with E-state index in [1.807, 2.05) is 277 Å². The molecule has 0 unspecified atom stereocenters. The standard InChI is InChI=1S/2C19H14NS.2C17H10NS.4C12H13N2.4Ir/c2*1-12-10-17(20-11-13(12)2)16-8-5-7-15-14-6-3-4-9-18(14)21-19(15)16;2*1-2-10-16-12(6-1)13-7-5-8-14(17(13)19-16)15-9-3-4-11-18-15;4*1-10(2)14-9-8-13-12(14)11-6-4-3-5-7-11;;;;/h2*3-7,9-11H,1-2H3;2*1-7,9-11H;4*3-6,8-10H,1-2H3;;;;/q8*-1;;;;. The molecule has 0 aliphatic carbocycles. The zero-order valence-electron chi connectivity index (χ0n) is 79.3. The number of fused-ring (bicyclic) bond motifs is 12. The molecule has 24 rings (SSSR count). The van der Waals surface area contributed by atoms with Gasteiger partial charge >= 0.3 is 0 Å². The van der Waals surface area contributed by atoms with Crippen LogP contribution in [-0.2, 0) is 80.4 Å². The molecule has 0 atom stereocenters. The molecule has 12 heterocycles. The third kappa shape index (κ3) is 24.6. The summed E-state index contributed by atoms with van der Waals surface area (Å²) in [5, 5.41) is 10.4. The first-order valence-electron chi connectivity index (χ1n) is 45.5. The minimum absolute atomic E-state index is 0. The van der Waals surface area contributed by atoms with Gasteiger partial charge in [-0.15, -0.1) is 239 Å². The second kappa shape index (κ2) is 50.1. The van der Waals surface area contributed by atoms with Gasteiger partial charge in [0.2, 0.25) is 0 Å². The van der Waals surface area contributed by atoms with Crippen LogP contribution in [0.2, 0.25) is 0 Å². The van der Waals surface area contributed by atoms with Crippen LogP contribution in [0.25, 0.3) is 171 Å². The quantitative estimate of drug-likeness (QED) is 0.111. The van der Waals surface area contributed by atoms with Crippen molar-refractivity contribution in [3.63, 3.8) is 0 Å². The SMILES string of the molecule is CC(C)n1ccnc1-c1[c-]cccc1.CC(C)n1ccnc1-c1[c-]cccc1.CC(C)n1ccnc1-c1[c-]cccc1.CC(C)n1ccnc1-c1[c-]cccc1.Cc1cnc(-c2[c-]ccc3c2sc2ccccc23)cc1C.Cc1cnc(-c2[c-]ccc3c2sc2ccccc23)cc1C.[Ir].[Ir].[Ir].[Ir].[c-]1ccc2c(sc3ccccc32)c1-c1ccccn1.[c-]1ccc2c(sc3ccccc32)c1-c1ccccn1. The van der Waals surface area contributed by atoms with E-state index in [0.29, 0.717) is 24.2 Å². The Morgan fingerprint density at radius 2 is 0.464 bits per heavy atom. The Morgan fingerprint density at radius 3 is 0.693 bits per heavy atom. The Hall–Kier alpha value is -12.4. The largest absolute Gasteiger partial charge is 0.368 e. The van der Waals surface area contributed by atoms with Gasteiger partial charge in [0.25, 0.3) is 0 Å². The van der Waals surface area contributed by atoms with E-state index in [0.717, 1.165) is 90.6 Å². The number of thiophene rings is 4. The van der Waals surface area contributed by atoms with E-state index in [1.54, 1.807) is 0 Å². The zero-order valence-corrected chi connectivity index (χ0v) is 92.1. The van der Waals surface area contributed by atoms with Crippen LogP contribution in [0.5, 0.6) is 0 Å². The number of imidazole rings is 4. The first-order valence-corrected chi connectivity index (χ1v) is 48.7. The van der Waals surface area contributed by atoms with E-state index >= 15 is 0 Å². The molecule has 0 bridgehead atoms. The fourth-order valence-corrected chi connectivity index (χ4v) is 20.8. The monoisotopic (exact) mass is 2610 g/mol. The van der Waals surface area contributed by atoms with E-state index in [-0.39, 0.29) is 80.4 Å². The normalized spacial score (nSPS) is 10.7. The molecule has 0 saturated carbocycles. The third-order valence-corrected chi connectivity index (χ3v) is 28.0. The summed E-state index contributed by atoms with van der Waals surface area (Å²) in [6.07, 6.45) is 22.9. The fourth-order valence-electron chi connectivity index (χ4n) is 15.9. The second-order valence-corrected chi connectivity index (χ2v) is 37.8. The number of hydrogen-bond donors (Lipinski definition) is 0.